The molecule has 1 saturated heterocycles. The number of esters is 1. The molecule has 132 valence electrons. The zero-order valence-electron chi connectivity index (χ0n) is 14.7. The van der Waals surface area contributed by atoms with E-state index in [-0.39, 0.29) is 23.8 Å². The van der Waals surface area contributed by atoms with Crippen LogP contribution in [0.5, 0.6) is 0 Å². The molecule has 0 unspecified atom stereocenters. The zero-order valence-corrected chi connectivity index (χ0v) is 14.7. The first-order valence-electron chi connectivity index (χ1n) is 8.81. The summed E-state index contributed by atoms with van der Waals surface area (Å²) in [4.78, 5) is 25.6. The molecule has 2 N–H and O–H groups in total. The van der Waals surface area contributed by atoms with Crippen LogP contribution in [0, 0.1) is 5.92 Å². The molecule has 2 aromatic carbocycles. The number of fused-ring (bicyclic) bond motifs is 1. The zero-order chi connectivity index (χ0) is 17.8. The molecular formula is C20H25N2O3+. The van der Waals surface area contributed by atoms with E-state index in [1.165, 1.54) is 12.0 Å². The van der Waals surface area contributed by atoms with Crippen LogP contribution >= 0.6 is 0 Å². The maximum atomic E-state index is 12.7. The predicted molar refractivity (Wildman–Crippen MR) is 97.5 cm³/mol. The first kappa shape index (κ1) is 17.4. The van der Waals surface area contributed by atoms with Crippen LogP contribution in [-0.4, -0.2) is 38.1 Å². The summed E-state index contributed by atoms with van der Waals surface area (Å²) < 4.78 is 4.83. The van der Waals surface area contributed by atoms with Gasteiger partial charge in [0.1, 0.15) is 0 Å². The highest BCUT2D eigenvalue weighted by Gasteiger charge is 2.33. The minimum absolute atomic E-state index is 0.0165. The van der Waals surface area contributed by atoms with Crippen LogP contribution in [0.1, 0.15) is 19.8 Å². The van der Waals surface area contributed by atoms with Crippen LogP contribution in [0.25, 0.3) is 10.8 Å². The van der Waals surface area contributed by atoms with Crippen molar-refractivity contribution in [2.24, 2.45) is 5.92 Å². The van der Waals surface area contributed by atoms with Crippen molar-refractivity contribution < 1.29 is 19.2 Å². The van der Waals surface area contributed by atoms with Gasteiger partial charge in [-0.05, 0) is 18.4 Å². The lowest BCUT2D eigenvalue weighted by Gasteiger charge is -2.31. The Morgan fingerprint density at radius 1 is 1.12 bits per heavy atom. The molecule has 0 saturated carbocycles. The van der Waals surface area contributed by atoms with E-state index in [0.717, 1.165) is 42.4 Å². The Hall–Kier alpha value is -2.40. The summed E-state index contributed by atoms with van der Waals surface area (Å²) in [6.07, 6.45) is 1.54. The number of hydrogen-bond acceptors (Lipinski definition) is 3. The summed E-state index contributed by atoms with van der Waals surface area (Å²) in [7, 11) is 1.43. The number of benzene rings is 2. The fourth-order valence-electron chi connectivity index (χ4n) is 3.58. The van der Waals surface area contributed by atoms with Gasteiger partial charge >= 0.3 is 5.97 Å². The van der Waals surface area contributed by atoms with Crippen molar-refractivity contribution in [3.8, 4) is 0 Å². The highest BCUT2D eigenvalue weighted by Crippen LogP contribution is 2.23. The van der Waals surface area contributed by atoms with Crippen LogP contribution in [0.4, 0.5) is 5.69 Å². The average molecular weight is 341 g/mol. The number of nitrogens with one attached hydrogen (secondary N) is 2. The molecule has 1 aliphatic rings. The summed E-state index contributed by atoms with van der Waals surface area (Å²) in [5, 5.41) is 5.23. The number of likely N-dealkylation sites (tertiary alicyclic amines) is 1. The van der Waals surface area contributed by atoms with Crippen molar-refractivity contribution in [3.05, 3.63) is 42.5 Å². The van der Waals surface area contributed by atoms with Crippen molar-refractivity contribution in [3.63, 3.8) is 0 Å². The number of piperidine rings is 1. The lowest BCUT2D eigenvalue weighted by Crippen LogP contribution is -3.17. The van der Waals surface area contributed by atoms with Gasteiger partial charge in [-0.3, -0.25) is 9.59 Å². The molecule has 5 nitrogen and oxygen atoms in total. The quantitative estimate of drug-likeness (QED) is 0.831. The van der Waals surface area contributed by atoms with Gasteiger partial charge in [0.05, 0.1) is 26.1 Å². The molecule has 25 heavy (non-hydrogen) atoms. The third-order valence-electron chi connectivity index (χ3n) is 5.22. The van der Waals surface area contributed by atoms with E-state index < -0.39 is 0 Å². The Bertz CT molecular complexity index is 761. The van der Waals surface area contributed by atoms with Crippen molar-refractivity contribution >= 4 is 28.3 Å². The molecule has 1 fully saturated rings. The number of anilines is 1. The Morgan fingerprint density at radius 3 is 2.52 bits per heavy atom. The Balaban J connectivity index is 1.64. The Kier molecular flexibility index (Phi) is 5.34. The Morgan fingerprint density at radius 2 is 1.80 bits per heavy atom. The van der Waals surface area contributed by atoms with Gasteiger partial charge in [-0.25, -0.2) is 0 Å². The van der Waals surface area contributed by atoms with E-state index in [9.17, 15) is 9.59 Å². The van der Waals surface area contributed by atoms with E-state index >= 15 is 0 Å². The van der Waals surface area contributed by atoms with E-state index in [1.54, 1.807) is 0 Å². The number of rotatable bonds is 4. The second-order valence-electron chi connectivity index (χ2n) is 6.69. The molecule has 1 aliphatic heterocycles. The molecule has 2 aromatic rings. The average Bonchev–Trinajstić information content (AvgIpc) is 2.67. The van der Waals surface area contributed by atoms with E-state index in [0.29, 0.717) is 0 Å². The SMILES string of the molecule is COC(=O)C1CC[NH+]([C@@H](C)C(=O)Nc2cccc3ccccc23)CC1. The summed E-state index contributed by atoms with van der Waals surface area (Å²) in [6.45, 7) is 3.57. The maximum Gasteiger partial charge on any atom is 0.309 e. The number of amides is 1. The van der Waals surface area contributed by atoms with Crippen molar-refractivity contribution in [2.75, 3.05) is 25.5 Å². The highest BCUT2D eigenvalue weighted by molar-refractivity contribution is 6.03. The third kappa shape index (κ3) is 3.82. The van der Waals surface area contributed by atoms with Gasteiger partial charge in [-0.1, -0.05) is 36.4 Å². The fraction of sp³-hybridized carbons (Fsp3) is 0.400. The molecule has 0 spiro atoms. The summed E-state index contributed by atoms with van der Waals surface area (Å²) in [5.41, 5.74) is 0.846. The first-order valence-corrected chi connectivity index (χ1v) is 8.81. The number of hydrogen-bond donors (Lipinski definition) is 2. The van der Waals surface area contributed by atoms with Crippen LogP contribution in [0.15, 0.2) is 42.5 Å². The predicted octanol–water partition coefficient (Wildman–Crippen LogP) is 1.63. The minimum atomic E-state index is -0.155. The van der Waals surface area contributed by atoms with Gasteiger partial charge < -0.3 is 15.0 Å². The molecule has 0 aromatic heterocycles. The Labute approximate surface area is 148 Å². The van der Waals surface area contributed by atoms with E-state index in [4.69, 9.17) is 4.74 Å². The molecule has 0 radical (unpaired) electrons. The number of carbonyl (C=O) groups is 2. The minimum Gasteiger partial charge on any atom is -0.469 e. The van der Waals surface area contributed by atoms with Gasteiger partial charge in [-0.2, -0.15) is 0 Å². The van der Waals surface area contributed by atoms with Crippen LogP contribution in [0.3, 0.4) is 0 Å². The van der Waals surface area contributed by atoms with Gasteiger partial charge in [-0.15, -0.1) is 0 Å². The van der Waals surface area contributed by atoms with Gasteiger partial charge in [0.2, 0.25) is 0 Å². The second kappa shape index (κ2) is 7.66. The molecule has 1 amide bonds. The van der Waals surface area contributed by atoms with E-state index in [2.05, 4.69) is 5.32 Å². The smallest absolute Gasteiger partial charge is 0.309 e. The van der Waals surface area contributed by atoms with Crippen LogP contribution in [0.2, 0.25) is 0 Å². The van der Waals surface area contributed by atoms with Gasteiger partial charge in [0.25, 0.3) is 5.91 Å². The van der Waals surface area contributed by atoms with Crippen LogP contribution < -0.4 is 10.2 Å². The molecule has 1 heterocycles. The summed E-state index contributed by atoms with van der Waals surface area (Å²) in [6, 6.07) is 13.8. The van der Waals surface area contributed by atoms with Crippen molar-refractivity contribution in [1.29, 1.82) is 0 Å². The summed E-state index contributed by atoms with van der Waals surface area (Å²) in [5.74, 6) is -0.142. The van der Waals surface area contributed by atoms with Crippen molar-refractivity contribution in [1.82, 2.24) is 0 Å². The topological polar surface area (TPSA) is 59.8 Å². The standard InChI is InChI=1S/C20H24N2O3/c1-14(22-12-10-16(11-13-22)20(24)25-2)19(23)21-18-9-5-7-15-6-3-4-8-17(15)18/h3-9,14,16H,10-13H2,1-2H3,(H,21,23)/p+1/t14-/m0/s1. The molecule has 0 aliphatic carbocycles. The molecule has 0 bridgehead atoms. The number of ether oxygens (including phenoxy) is 1. The molecular weight excluding hydrogens is 316 g/mol. The highest BCUT2D eigenvalue weighted by atomic mass is 16.5. The third-order valence-corrected chi connectivity index (χ3v) is 5.22. The monoisotopic (exact) mass is 341 g/mol. The lowest BCUT2D eigenvalue weighted by atomic mass is 9.96. The largest absolute Gasteiger partial charge is 0.469 e. The molecule has 3 rings (SSSR count). The molecule has 1 atom stereocenters. The van der Waals surface area contributed by atoms with Crippen LogP contribution in [-0.2, 0) is 14.3 Å². The lowest BCUT2D eigenvalue weighted by molar-refractivity contribution is -0.919. The van der Waals surface area contributed by atoms with Gasteiger partial charge in [0, 0.05) is 23.9 Å². The fourth-order valence-corrected chi connectivity index (χ4v) is 3.58. The van der Waals surface area contributed by atoms with E-state index in [1.807, 2.05) is 49.4 Å². The second-order valence-corrected chi connectivity index (χ2v) is 6.69. The van der Waals surface area contributed by atoms with Gasteiger partial charge in [0.15, 0.2) is 6.04 Å². The normalized spacial score (nSPS) is 21.5. The summed E-state index contributed by atoms with van der Waals surface area (Å²) >= 11 is 0. The first-order chi connectivity index (χ1) is 12.1. The van der Waals surface area contributed by atoms with Crippen molar-refractivity contribution in [2.45, 2.75) is 25.8 Å². The maximum absolute atomic E-state index is 12.7. The number of carbonyl (C=O) groups excluding carboxylic acids is 2. The molecule has 5 heteroatoms. The number of methoxy groups -OCH3 is 1. The number of quaternary nitrogens is 1.